The number of amides is 2. The van der Waals surface area contributed by atoms with Gasteiger partial charge >= 0.3 is 5.97 Å². The van der Waals surface area contributed by atoms with Crippen molar-refractivity contribution in [1.82, 2.24) is 10.9 Å². The molecule has 8 heteroatoms. The van der Waals surface area contributed by atoms with E-state index < -0.39 is 23.9 Å². The molecule has 0 spiro atoms. The first-order valence-electron chi connectivity index (χ1n) is 9.65. The summed E-state index contributed by atoms with van der Waals surface area (Å²) in [4.78, 5) is 35.8. The lowest BCUT2D eigenvalue weighted by atomic mass is 10.2. The maximum absolute atomic E-state index is 12.3. The van der Waals surface area contributed by atoms with E-state index in [0.29, 0.717) is 23.5 Å². The van der Waals surface area contributed by atoms with Crippen LogP contribution in [0, 0.1) is 6.92 Å². The van der Waals surface area contributed by atoms with Crippen LogP contribution in [0.4, 0.5) is 0 Å². The summed E-state index contributed by atoms with van der Waals surface area (Å²) in [6, 6.07) is 13.6. The SMILES string of the molecule is CCOC(=O)c1ccc(OCC(=O)NNC(=O)C(CC)Oc2cccc(C)c2)cc1. The van der Waals surface area contributed by atoms with Crippen LogP contribution in [0.1, 0.15) is 36.2 Å². The molecule has 2 amide bonds. The molecule has 2 aromatic carbocycles. The predicted molar refractivity (Wildman–Crippen MR) is 110 cm³/mol. The fourth-order valence-electron chi connectivity index (χ4n) is 2.47. The zero-order chi connectivity index (χ0) is 21.9. The Morgan fingerprint density at radius 1 is 0.967 bits per heavy atom. The van der Waals surface area contributed by atoms with Crippen molar-refractivity contribution in [2.75, 3.05) is 13.2 Å². The van der Waals surface area contributed by atoms with E-state index in [9.17, 15) is 14.4 Å². The van der Waals surface area contributed by atoms with E-state index in [1.54, 1.807) is 37.3 Å². The fraction of sp³-hybridized carbons (Fsp3) is 0.318. The van der Waals surface area contributed by atoms with Gasteiger partial charge in [0.1, 0.15) is 11.5 Å². The molecular weight excluding hydrogens is 388 g/mol. The molecule has 0 aliphatic heterocycles. The Labute approximate surface area is 175 Å². The summed E-state index contributed by atoms with van der Waals surface area (Å²) in [6.45, 7) is 5.44. The molecule has 0 saturated carbocycles. The zero-order valence-corrected chi connectivity index (χ0v) is 17.3. The van der Waals surface area contributed by atoms with Crippen LogP contribution in [0.5, 0.6) is 11.5 Å². The quantitative estimate of drug-likeness (QED) is 0.483. The number of ether oxygens (including phenoxy) is 3. The molecule has 0 saturated heterocycles. The molecule has 160 valence electrons. The minimum atomic E-state index is -0.747. The van der Waals surface area contributed by atoms with Crippen LogP contribution in [-0.4, -0.2) is 37.1 Å². The molecule has 0 aliphatic carbocycles. The molecule has 30 heavy (non-hydrogen) atoms. The summed E-state index contributed by atoms with van der Waals surface area (Å²) >= 11 is 0. The van der Waals surface area contributed by atoms with E-state index in [2.05, 4.69) is 10.9 Å². The molecule has 1 unspecified atom stereocenters. The standard InChI is InChI=1S/C22H26N2O6/c1-4-19(30-18-8-6-7-15(3)13-18)21(26)24-23-20(25)14-29-17-11-9-16(10-12-17)22(27)28-5-2/h6-13,19H,4-5,14H2,1-3H3,(H,23,25)(H,24,26). The van der Waals surface area contributed by atoms with E-state index in [0.717, 1.165) is 5.56 Å². The van der Waals surface area contributed by atoms with Crippen LogP contribution in [0.2, 0.25) is 0 Å². The number of hydrogen-bond donors (Lipinski definition) is 2. The fourth-order valence-corrected chi connectivity index (χ4v) is 2.47. The van der Waals surface area contributed by atoms with Gasteiger partial charge in [-0.3, -0.25) is 20.4 Å². The largest absolute Gasteiger partial charge is 0.484 e. The second-order valence-corrected chi connectivity index (χ2v) is 6.40. The van der Waals surface area contributed by atoms with Crippen LogP contribution >= 0.6 is 0 Å². The van der Waals surface area contributed by atoms with Gasteiger partial charge in [0.25, 0.3) is 11.8 Å². The van der Waals surface area contributed by atoms with Gasteiger partial charge in [-0.05, 0) is 62.2 Å². The van der Waals surface area contributed by atoms with Crippen molar-refractivity contribution < 1.29 is 28.6 Å². The van der Waals surface area contributed by atoms with Crippen molar-refractivity contribution in [1.29, 1.82) is 0 Å². The van der Waals surface area contributed by atoms with Crippen LogP contribution in [0.3, 0.4) is 0 Å². The van der Waals surface area contributed by atoms with E-state index in [1.807, 2.05) is 32.0 Å². The van der Waals surface area contributed by atoms with Crippen LogP contribution in [0.15, 0.2) is 48.5 Å². The van der Waals surface area contributed by atoms with Crippen molar-refractivity contribution in [3.63, 3.8) is 0 Å². The molecule has 2 aromatic rings. The number of benzene rings is 2. The van der Waals surface area contributed by atoms with Crippen LogP contribution in [0.25, 0.3) is 0 Å². The second-order valence-electron chi connectivity index (χ2n) is 6.40. The van der Waals surface area contributed by atoms with Gasteiger partial charge in [-0.25, -0.2) is 4.79 Å². The van der Waals surface area contributed by atoms with Gasteiger partial charge in [0.05, 0.1) is 12.2 Å². The van der Waals surface area contributed by atoms with Gasteiger partial charge in [-0.15, -0.1) is 0 Å². The Kier molecular flexibility index (Phi) is 8.68. The molecule has 0 radical (unpaired) electrons. The summed E-state index contributed by atoms with van der Waals surface area (Å²) < 4.78 is 15.9. The average Bonchev–Trinajstić information content (AvgIpc) is 2.75. The Bertz CT molecular complexity index is 866. The van der Waals surface area contributed by atoms with Crippen molar-refractivity contribution in [2.45, 2.75) is 33.3 Å². The summed E-state index contributed by atoms with van der Waals surface area (Å²) in [5.41, 5.74) is 6.04. The van der Waals surface area contributed by atoms with E-state index >= 15 is 0 Å². The number of hydrazine groups is 1. The third kappa shape index (κ3) is 7.12. The van der Waals surface area contributed by atoms with Gasteiger partial charge in [0.15, 0.2) is 12.7 Å². The highest BCUT2D eigenvalue weighted by atomic mass is 16.5. The smallest absolute Gasteiger partial charge is 0.338 e. The lowest BCUT2D eigenvalue weighted by molar-refractivity contribution is -0.134. The average molecular weight is 414 g/mol. The Balaban J connectivity index is 1.77. The monoisotopic (exact) mass is 414 g/mol. The summed E-state index contributed by atoms with van der Waals surface area (Å²) in [7, 11) is 0. The molecule has 1 atom stereocenters. The first kappa shape index (κ1) is 22.7. The molecular formula is C22H26N2O6. The third-order valence-electron chi connectivity index (χ3n) is 3.99. The Hall–Kier alpha value is -3.55. The number of aryl methyl sites for hydroxylation is 1. The zero-order valence-electron chi connectivity index (χ0n) is 17.3. The Morgan fingerprint density at radius 2 is 1.70 bits per heavy atom. The van der Waals surface area contributed by atoms with Crippen molar-refractivity contribution in [3.05, 3.63) is 59.7 Å². The van der Waals surface area contributed by atoms with Crippen molar-refractivity contribution in [3.8, 4) is 11.5 Å². The highest BCUT2D eigenvalue weighted by Gasteiger charge is 2.19. The second kappa shape index (κ2) is 11.5. The van der Waals surface area contributed by atoms with Crippen LogP contribution in [-0.2, 0) is 14.3 Å². The maximum atomic E-state index is 12.3. The highest BCUT2D eigenvalue weighted by Crippen LogP contribution is 2.15. The van der Waals surface area contributed by atoms with Gasteiger partial charge in [-0.2, -0.15) is 0 Å². The number of carbonyl (C=O) groups excluding carboxylic acids is 3. The summed E-state index contributed by atoms with van der Waals surface area (Å²) in [6.07, 6.45) is -0.317. The normalized spacial score (nSPS) is 11.2. The van der Waals surface area contributed by atoms with E-state index in [1.165, 1.54) is 0 Å². The lowest BCUT2D eigenvalue weighted by Gasteiger charge is -2.18. The molecule has 0 heterocycles. The molecule has 8 nitrogen and oxygen atoms in total. The summed E-state index contributed by atoms with van der Waals surface area (Å²) in [5, 5.41) is 0. The first-order chi connectivity index (χ1) is 14.4. The number of rotatable bonds is 9. The van der Waals surface area contributed by atoms with E-state index in [4.69, 9.17) is 14.2 Å². The molecule has 0 bridgehead atoms. The van der Waals surface area contributed by atoms with Crippen molar-refractivity contribution >= 4 is 17.8 Å². The third-order valence-corrected chi connectivity index (χ3v) is 3.99. The minimum absolute atomic E-state index is 0.290. The number of nitrogens with one attached hydrogen (secondary N) is 2. The number of esters is 1. The van der Waals surface area contributed by atoms with E-state index in [-0.39, 0.29) is 13.2 Å². The minimum Gasteiger partial charge on any atom is -0.484 e. The number of carbonyl (C=O) groups is 3. The topological polar surface area (TPSA) is 103 Å². The molecule has 2 N–H and O–H groups in total. The van der Waals surface area contributed by atoms with Gasteiger partial charge in [0.2, 0.25) is 0 Å². The Morgan fingerprint density at radius 3 is 2.33 bits per heavy atom. The predicted octanol–water partition coefficient (Wildman–Crippen LogP) is 2.56. The molecule has 0 aliphatic rings. The molecule has 2 rings (SSSR count). The molecule has 0 aromatic heterocycles. The first-order valence-corrected chi connectivity index (χ1v) is 9.65. The lowest BCUT2D eigenvalue weighted by Crippen LogP contribution is -2.49. The van der Waals surface area contributed by atoms with Crippen LogP contribution < -0.4 is 20.3 Å². The van der Waals surface area contributed by atoms with Gasteiger partial charge in [0, 0.05) is 0 Å². The van der Waals surface area contributed by atoms with Crippen molar-refractivity contribution in [2.24, 2.45) is 0 Å². The number of hydrogen-bond acceptors (Lipinski definition) is 6. The van der Waals surface area contributed by atoms with Gasteiger partial charge in [-0.1, -0.05) is 19.1 Å². The summed E-state index contributed by atoms with van der Waals surface area (Å²) in [5.74, 6) is -0.450. The highest BCUT2D eigenvalue weighted by molar-refractivity contribution is 5.89. The van der Waals surface area contributed by atoms with Gasteiger partial charge < -0.3 is 14.2 Å². The maximum Gasteiger partial charge on any atom is 0.338 e. The molecule has 0 fully saturated rings.